The van der Waals surface area contributed by atoms with E-state index in [0.717, 1.165) is 43.6 Å². The fourth-order valence-electron chi connectivity index (χ4n) is 4.39. The number of halogens is 1. The Morgan fingerprint density at radius 3 is 1.86 bits per heavy atom. The molecule has 2 N–H and O–H groups in total. The third-order valence-electron chi connectivity index (χ3n) is 6.66. The smallest absolute Gasteiger partial charge is 0.222 e. The minimum Gasteiger partial charge on any atom is -0.493 e. The Hall–Kier alpha value is -1.26. The number of nitrogens with zero attached hydrogens (tertiary/aromatic N) is 1. The highest BCUT2D eigenvalue weighted by Crippen LogP contribution is 2.21. The standard InChI is InChI=1S/C30H54N2O2.ClH/c1-3-4-5-6-7-8-9-10-11-12-13-14-15-21-26-34-29-23-19-18-22-28(29)27-32(2)30(33)24-17-16-20-25-31;/h18-19,22-23H,3-17,20-21,24-27,31H2,1-2H3;1H. The summed E-state index contributed by atoms with van der Waals surface area (Å²) in [6.45, 7) is 4.34. The first-order valence-corrected chi connectivity index (χ1v) is 14.3. The van der Waals surface area contributed by atoms with Crippen LogP contribution in [-0.2, 0) is 11.3 Å². The second-order valence-corrected chi connectivity index (χ2v) is 9.90. The van der Waals surface area contributed by atoms with Gasteiger partial charge in [-0.05, 0) is 31.9 Å². The minimum atomic E-state index is 0. The Bertz CT molecular complexity index is 612. The molecule has 35 heavy (non-hydrogen) atoms. The number of rotatable bonds is 23. The number of carbonyl (C=O) groups is 1. The molecule has 0 saturated carbocycles. The van der Waals surface area contributed by atoms with E-state index in [1.54, 1.807) is 0 Å². The maximum Gasteiger partial charge on any atom is 0.222 e. The third kappa shape index (κ3) is 18.6. The van der Waals surface area contributed by atoms with E-state index in [1.165, 1.54) is 83.5 Å². The van der Waals surface area contributed by atoms with Gasteiger partial charge in [-0.15, -0.1) is 12.4 Å². The Morgan fingerprint density at radius 2 is 1.29 bits per heavy atom. The second kappa shape index (κ2) is 24.4. The molecule has 0 aliphatic rings. The predicted octanol–water partition coefficient (Wildman–Crippen LogP) is 8.45. The number of amides is 1. The van der Waals surface area contributed by atoms with Gasteiger partial charge in [-0.3, -0.25) is 4.79 Å². The number of hydrogen-bond donors (Lipinski definition) is 1. The van der Waals surface area contributed by atoms with Crippen LogP contribution in [0.1, 0.15) is 128 Å². The lowest BCUT2D eigenvalue weighted by Crippen LogP contribution is -2.26. The summed E-state index contributed by atoms with van der Waals surface area (Å²) in [5, 5.41) is 0. The van der Waals surface area contributed by atoms with Gasteiger partial charge in [0.25, 0.3) is 0 Å². The van der Waals surface area contributed by atoms with Crippen molar-refractivity contribution < 1.29 is 9.53 Å². The van der Waals surface area contributed by atoms with Crippen molar-refractivity contribution in [2.24, 2.45) is 5.73 Å². The topological polar surface area (TPSA) is 55.6 Å². The molecule has 0 bridgehead atoms. The third-order valence-corrected chi connectivity index (χ3v) is 6.66. The van der Waals surface area contributed by atoms with Crippen LogP contribution in [0.5, 0.6) is 5.75 Å². The summed E-state index contributed by atoms with van der Waals surface area (Å²) < 4.78 is 6.09. The molecule has 1 rings (SSSR count). The van der Waals surface area contributed by atoms with Gasteiger partial charge in [-0.1, -0.05) is 115 Å². The Kier molecular flexibility index (Phi) is 23.6. The molecule has 5 heteroatoms. The van der Waals surface area contributed by atoms with Crippen molar-refractivity contribution in [2.75, 3.05) is 20.2 Å². The van der Waals surface area contributed by atoms with Crippen LogP contribution in [0, 0.1) is 0 Å². The summed E-state index contributed by atoms with van der Waals surface area (Å²) in [6.07, 6.45) is 22.6. The number of benzene rings is 1. The van der Waals surface area contributed by atoms with E-state index in [2.05, 4.69) is 13.0 Å². The lowest BCUT2D eigenvalue weighted by atomic mass is 10.0. The van der Waals surface area contributed by atoms with Crippen molar-refractivity contribution in [1.82, 2.24) is 4.90 Å². The van der Waals surface area contributed by atoms with E-state index < -0.39 is 0 Å². The largest absolute Gasteiger partial charge is 0.493 e. The highest BCUT2D eigenvalue weighted by molar-refractivity contribution is 5.85. The van der Waals surface area contributed by atoms with Gasteiger partial charge in [0.05, 0.1) is 6.61 Å². The van der Waals surface area contributed by atoms with E-state index >= 15 is 0 Å². The molecule has 0 aromatic heterocycles. The molecule has 0 fully saturated rings. The zero-order chi connectivity index (χ0) is 24.7. The number of hydrogen-bond acceptors (Lipinski definition) is 3. The van der Waals surface area contributed by atoms with Gasteiger partial charge < -0.3 is 15.4 Å². The van der Waals surface area contributed by atoms with Gasteiger partial charge in [-0.25, -0.2) is 0 Å². The number of unbranched alkanes of at least 4 members (excludes halogenated alkanes) is 15. The Morgan fingerprint density at radius 1 is 0.771 bits per heavy atom. The van der Waals surface area contributed by atoms with Crippen molar-refractivity contribution in [3.05, 3.63) is 29.8 Å². The van der Waals surface area contributed by atoms with Crippen LogP contribution in [-0.4, -0.2) is 31.0 Å². The zero-order valence-electron chi connectivity index (χ0n) is 22.9. The van der Waals surface area contributed by atoms with Crippen LogP contribution in [0.2, 0.25) is 0 Å². The van der Waals surface area contributed by atoms with Gasteiger partial charge in [-0.2, -0.15) is 0 Å². The van der Waals surface area contributed by atoms with Crippen LogP contribution >= 0.6 is 12.4 Å². The van der Waals surface area contributed by atoms with E-state index in [-0.39, 0.29) is 18.3 Å². The monoisotopic (exact) mass is 510 g/mol. The molecule has 0 aliphatic carbocycles. The summed E-state index contributed by atoms with van der Waals surface area (Å²) in [4.78, 5) is 14.2. The maximum atomic E-state index is 12.4. The van der Waals surface area contributed by atoms with Crippen molar-refractivity contribution >= 4 is 18.3 Å². The van der Waals surface area contributed by atoms with Gasteiger partial charge in [0.2, 0.25) is 5.91 Å². The Labute approximate surface area is 223 Å². The van der Waals surface area contributed by atoms with Crippen LogP contribution in [0.3, 0.4) is 0 Å². The van der Waals surface area contributed by atoms with Gasteiger partial charge in [0.1, 0.15) is 5.75 Å². The fourth-order valence-corrected chi connectivity index (χ4v) is 4.39. The van der Waals surface area contributed by atoms with Crippen LogP contribution in [0.15, 0.2) is 24.3 Å². The normalized spacial score (nSPS) is 10.7. The van der Waals surface area contributed by atoms with E-state index in [0.29, 0.717) is 19.5 Å². The summed E-state index contributed by atoms with van der Waals surface area (Å²) in [5.74, 6) is 1.11. The molecule has 0 unspecified atom stereocenters. The number of para-hydroxylation sites is 1. The first-order chi connectivity index (χ1) is 16.7. The van der Waals surface area contributed by atoms with Crippen molar-refractivity contribution in [2.45, 2.75) is 129 Å². The maximum absolute atomic E-state index is 12.4. The lowest BCUT2D eigenvalue weighted by molar-refractivity contribution is -0.130. The first-order valence-electron chi connectivity index (χ1n) is 14.3. The SMILES string of the molecule is CCCCCCCCCCCCCCCCOc1ccccc1CN(C)C(=O)CCCCCN.Cl. The molecule has 1 aromatic carbocycles. The molecule has 0 spiro atoms. The van der Waals surface area contributed by atoms with Crippen molar-refractivity contribution in [1.29, 1.82) is 0 Å². The van der Waals surface area contributed by atoms with Gasteiger partial charge in [0, 0.05) is 25.6 Å². The molecule has 1 amide bonds. The Balaban J connectivity index is 0.0000116. The summed E-state index contributed by atoms with van der Waals surface area (Å²) >= 11 is 0. The quantitative estimate of drug-likeness (QED) is 0.150. The molecule has 0 atom stereocenters. The number of carbonyl (C=O) groups excluding carboxylic acids is 1. The highest BCUT2D eigenvalue weighted by Gasteiger charge is 2.12. The van der Waals surface area contributed by atoms with E-state index in [9.17, 15) is 4.79 Å². The van der Waals surface area contributed by atoms with Crippen LogP contribution < -0.4 is 10.5 Å². The summed E-state index contributed by atoms with van der Waals surface area (Å²) in [6, 6.07) is 8.13. The van der Waals surface area contributed by atoms with Gasteiger partial charge >= 0.3 is 0 Å². The van der Waals surface area contributed by atoms with Crippen LogP contribution in [0.4, 0.5) is 0 Å². The molecular weight excluding hydrogens is 456 g/mol. The molecule has 0 aliphatic heterocycles. The lowest BCUT2D eigenvalue weighted by Gasteiger charge is -2.19. The van der Waals surface area contributed by atoms with Crippen molar-refractivity contribution in [3.63, 3.8) is 0 Å². The average molecular weight is 511 g/mol. The molecule has 0 heterocycles. The van der Waals surface area contributed by atoms with Crippen molar-refractivity contribution in [3.8, 4) is 5.75 Å². The molecule has 1 aromatic rings. The molecule has 4 nitrogen and oxygen atoms in total. The van der Waals surface area contributed by atoms with E-state index in [4.69, 9.17) is 10.5 Å². The molecule has 0 saturated heterocycles. The van der Waals surface area contributed by atoms with E-state index in [1.807, 2.05) is 30.1 Å². The number of ether oxygens (including phenoxy) is 1. The molecular formula is C30H55ClN2O2. The molecule has 0 radical (unpaired) electrons. The highest BCUT2D eigenvalue weighted by atomic mass is 35.5. The average Bonchev–Trinajstić information content (AvgIpc) is 2.85. The summed E-state index contributed by atoms with van der Waals surface area (Å²) in [7, 11) is 1.88. The predicted molar refractivity (Wildman–Crippen MR) is 153 cm³/mol. The molecule has 204 valence electrons. The summed E-state index contributed by atoms with van der Waals surface area (Å²) in [5.41, 5.74) is 6.62. The second-order valence-electron chi connectivity index (χ2n) is 9.90. The number of nitrogens with two attached hydrogens (primary N) is 1. The fraction of sp³-hybridized carbons (Fsp3) is 0.767. The minimum absolute atomic E-state index is 0. The van der Waals surface area contributed by atoms with Gasteiger partial charge in [0.15, 0.2) is 0 Å². The van der Waals surface area contributed by atoms with Crippen LogP contribution in [0.25, 0.3) is 0 Å². The first kappa shape index (κ1) is 33.7. The zero-order valence-corrected chi connectivity index (χ0v) is 23.7.